The Bertz CT molecular complexity index is 1530. The number of carboxylic acid groups (broad SMARTS) is 1. The number of aromatic nitrogens is 3. The molecule has 0 amide bonds. The van der Waals surface area contributed by atoms with Crippen molar-refractivity contribution in [2.24, 2.45) is 0 Å². The summed E-state index contributed by atoms with van der Waals surface area (Å²) < 4.78 is 43.6. The van der Waals surface area contributed by atoms with E-state index in [1.807, 2.05) is 22.5 Å². The van der Waals surface area contributed by atoms with Crippen LogP contribution in [0.4, 0.5) is 30.4 Å². The van der Waals surface area contributed by atoms with Gasteiger partial charge in [0.05, 0.1) is 23.6 Å². The Morgan fingerprint density at radius 2 is 1.79 bits per heavy atom. The third kappa shape index (κ3) is 5.88. The van der Waals surface area contributed by atoms with Crippen LogP contribution in [0.3, 0.4) is 0 Å². The van der Waals surface area contributed by atoms with Crippen molar-refractivity contribution in [3.05, 3.63) is 83.7 Å². The standard InChI is InChI=1S/C28H26F3N5O2S/c1-27(2,3)19-6-8-20(9-7-19)39-36-15-18-5-11-24(28(29,30)31)33-26(18)32-22-10-4-17(14-23(22)36)21-12-13-35(34-21)16-25(37)38/h4-14H,15-16H2,1-3H3,(H,32,33)(H,37,38). The van der Waals surface area contributed by atoms with E-state index >= 15 is 0 Å². The molecule has 202 valence electrons. The molecule has 3 heterocycles. The van der Waals surface area contributed by atoms with E-state index in [2.05, 4.69) is 48.3 Å². The van der Waals surface area contributed by atoms with E-state index in [0.717, 1.165) is 22.2 Å². The van der Waals surface area contributed by atoms with Crippen LogP contribution in [-0.4, -0.2) is 25.8 Å². The summed E-state index contributed by atoms with van der Waals surface area (Å²) in [5, 5.41) is 16.5. The molecule has 39 heavy (non-hydrogen) atoms. The predicted molar refractivity (Wildman–Crippen MR) is 145 cm³/mol. The topological polar surface area (TPSA) is 83.3 Å². The molecule has 11 heteroatoms. The summed E-state index contributed by atoms with van der Waals surface area (Å²) in [6.07, 6.45) is -2.97. The zero-order chi connectivity index (χ0) is 27.9. The minimum atomic E-state index is -4.56. The molecule has 0 radical (unpaired) electrons. The van der Waals surface area contributed by atoms with Gasteiger partial charge in [-0.3, -0.25) is 9.48 Å². The molecule has 0 aliphatic carbocycles. The molecular formula is C28H26F3N5O2S. The van der Waals surface area contributed by atoms with Crippen molar-refractivity contribution >= 4 is 35.1 Å². The van der Waals surface area contributed by atoms with E-state index in [-0.39, 0.29) is 17.8 Å². The highest BCUT2D eigenvalue weighted by Gasteiger charge is 2.34. The average Bonchev–Trinajstić information content (AvgIpc) is 3.25. The second-order valence-corrected chi connectivity index (χ2v) is 11.3. The van der Waals surface area contributed by atoms with E-state index in [1.54, 1.807) is 24.4 Å². The monoisotopic (exact) mass is 553 g/mol. The van der Waals surface area contributed by atoms with Crippen LogP contribution in [0.5, 0.6) is 0 Å². The Labute approximate surface area is 227 Å². The van der Waals surface area contributed by atoms with Gasteiger partial charge in [-0.1, -0.05) is 45.0 Å². The quantitative estimate of drug-likeness (QED) is 0.255. The largest absolute Gasteiger partial charge is 0.480 e. The van der Waals surface area contributed by atoms with Gasteiger partial charge in [0.1, 0.15) is 18.1 Å². The van der Waals surface area contributed by atoms with Gasteiger partial charge in [0.15, 0.2) is 0 Å². The van der Waals surface area contributed by atoms with E-state index in [9.17, 15) is 18.0 Å². The molecule has 5 rings (SSSR count). The number of nitrogens with one attached hydrogen (secondary N) is 1. The van der Waals surface area contributed by atoms with Crippen LogP contribution >= 0.6 is 11.9 Å². The molecule has 1 aliphatic heterocycles. The van der Waals surface area contributed by atoms with Crippen molar-refractivity contribution in [2.75, 3.05) is 9.62 Å². The summed E-state index contributed by atoms with van der Waals surface area (Å²) >= 11 is 1.47. The average molecular weight is 554 g/mol. The molecule has 4 aromatic rings. The number of pyridine rings is 1. The van der Waals surface area contributed by atoms with Gasteiger partial charge in [-0.25, -0.2) is 4.98 Å². The first kappa shape index (κ1) is 26.6. The van der Waals surface area contributed by atoms with Crippen molar-refractivity contribution in [1.82, 2.24) is 14.8 Å². The number of carboxylic acids is 1. The lowest BCUT2D eigenvalue weighted by molar-refractivity contribution is -0.141. The number of rotatable bonds is 5. The first-order valence-corrected chi connectivity index (χ1v) is 12.9. The van der Waals surface area contributed by atoms with Gasteiger partial charge >= 0.3 is 12.1 Å². The number of hydrogen-bond acceptors (Lipinski definition) is 6. The zero-order valence-electron chi connectivity index (χ0n) is 21.5. The Kier molecular flexibility index (Phi) is 6.79. The lowest BCUT2D eigenvalue weighted by Crippen LogP contribution is -2.14. The molecule has 0 bridgehead atoms. The molecule has 0 fully saturated rings. The summed E-state index contributed by atoms with van der Waals surface area (Å²) in [7, 11) is 0. The third-order valence-electron chi connectivity index (χ3n) is 6.27. The minimum absolute atomic E-state index is 0.00205. The molecule has 0 spiro atoms. The summed E-state index contributed by atoms with van der Waals surface area (Å²) in [6, 6.07) is 17.9. The lowest BCUT2D eigenvalue weighted by atomic mass is 9.87. The Balaban J connectivity index is 1.55. The summed E-state index contributed by atoms with van der Waals surface area (Å²) in [5.41, 5.74) is 3.49. The Hall–Kier alpha value is -3.99. The predicted octanol–water partition coefficient (Wildman–Crippen LogP) is 7.12. The third-order valence-corrected chi connectivity index (χ3v) is 7.30. The van der Waals surface area contributed by atoms with Gasteiger partial charge < -0.3 is 14.7 Å². The molecule has 0 unspecified atom stereocenters. The van der Waals surface area contributed by atoms with Crippen molar-refractivity contribution in [3.8, 4) is 11.3 Å². The first-order chi connectivity index (χ1) is 18.4. The smallest absolute Gasteiger partial charge is 0.433 e. The molecule has 2 aromatic heterocycles. The Morgan fingerprint density at radius 1 is 1.05 bits per heavy atom. The maximum atomic E-state index is 13.4. The van der Waals surface area contributed by atoms with E-state index in [4.69, 9.17) is 5.11 Å². The number of aliphatic carboxylic acids is 1. The van der Waals surface area contributed by atoms with Crippen molar-refractivity contribution in [3.63, 3.8) is 0 Å². The number of fused-ring (bicyclic) bond motifs is 2. The number of hydrogen-bond donors (Lipinski definition) is 2. The number of anilines is 3. The van der Waals surface area contributed by atoms with Crippen molar-refractivity contribution in [1.29, 1.82) is 0 Å². The molecular weight excluding hydrogens is 527 g/mol. The van der Waals surface area contributed by atoms with Crippen LogP contribution in [0, 0.1) is 0 Å². The molecule has 1 aliphatic rings. The molecule has 2 N–H and O–H groups in total. The Morgan fingerprint density at radius 3 is 2.46 bits per heavy atom. The zero-order valence-corrected chi connectivity index (χ0v) is 22.3. The highest BCUT2D eigenvalue weighted by molar-refractivity contribution is 8.00. The minimum Gasteiger partial charge on any atom is -0.480 e. The van der Waals surface area contributed by atoms with Gasteiger partial charge in [0.25, 0.3) is 0 Å². The molecule has 7 nitrogen and oxygen atoms in total. The van der Waals surface area contributed by atoms with Gasteiger partial charge in [-0.15, -0.1) is 0 Å². The molecule has 0 atom stereocenters. The highest BCUT2D eigenvalue weighted by Crippen LogP contribution is 2.43. The summed E-state index contributed by atoms with van der Waals surface area (Å²) in [6.45, 7) is 6.46. The maximum Gasteiger partial charge on any atom is 0.433 e. The fraction of sp³-hybridized carbons (Fsp3) is 0.250. The van der Waals surface area contributed by atoms with Gasteiger partial charge in [0.2, 0.25) is 0 Å². The van der Waals surface area contributed by atoms with Gasteiger partial charge in [-0.2, -0.15) is 18.3 Å². The fourth-order valence-corrected chi connectivity index (χ4v) is 5.18. The number of halogens is 3. The second-order valence-electron chi connectivity index (χ2n) is 10.3. The highest BCUT2D eigenvalue weighted by atomic mass is 32.2. The van der Waals surface area contributed by atoms with Gasteiger partial charge in [-0.05, 0) is 59.3 Å². The van der Waals surface area contributed by atoms with Crippen LogP contribution in [-0.2, 0) is 29.5 Å². The van der Waals surface area contributed by atoms with Crippen LogP contribution in [0.15, 0.2) is 71.8 Å². The number of nitrogens with zero attached hydrogens (tertiary/aromatic N) is 4. The number of carbonyl (C=O) groups is 1. The van der Waals surface area contributed by atoms with E-state index < -0.39 is 17.8 Å². The molecule has 2 aromatic carbocycles. The molecule has 0 saturated heterocycles. The summed E-state index contributed by atoms with van der Waals surface area (Å²) in [5.74, 6) is -0.852. The van der Waals surface area contributed by atoms with Crippen molar-refractivity contribution in [2.45, 2.75) is 50.3 Å². The van der Waals surface area contributed by atoms with E-state index in [0.29, 0.717) is 23.5 Å². The van der Waals surface area contributed by atoms with Crippen LogP contribution in [0.25, 0.3) is 11.3 Å². The number of alkyl halides is 3. The van der Waals surface area contributed by atoms with Gasteiger partial charge in [0, 0.05) is 22.2 Å². The fourth-order valence-electron chi connectivity index (χ4n) is 4.22. The lowest BCUT2D eigenvalue weighted by Gasteiger charge is -2.24. The normalized spacial score (nSPS) is 13.3. The summed E-state index contributed by atoms with van der Waals surface area (Å²) in [4.78, 5) is 15.9. The van der Waals surface area contributed by atoms with E-state index in [1.165, 1.54) is 28.3 Å². The first-order valence-electron chi connectivity index (χ1n) is 12.2. The number of benzene rings is 2. The maximum absolute atomic E-state index is 13.4. The van der Waals surface area contributed by atoms with Crippen molar-refractivity contribution < 1.29 is 23.1 Å². The molecule has 0 saturated carbocycles. The SMILES string of the molecule is CC(C)(C)c1ccc(SN2Cc3ccc(C(F)(F)F)nc3Nc3ccc(-c4ccn(CC(=O)O)n4)cc32)cc1. The van der Waals surface area contributed by atoms with Crippen LogP contribution < -0.4 is 9.62 Å². The van der Waals surface area contributed by atoms with Crippen LogP contribution in [0.2, 0.25) is 0 Å². The second kappa shape index (κ2) is 9.96. The van der Waals surface area contributed by atoms with Crippen LogP contribution in [0.1, 0.15) is 37.6 Å².